The second-order valence-electron chi connectivity index (χ2n) is 6.40. The van der Waals surface area contributed by atoms with Gasteiger partial charge in [0.15, 0.2) is 0 Å². The molecule has 31 heavy (non-hydrogen) atoms. The summed E-state index contributed by atoms with van der Waals surface area (Å²) in [6.45, 7) is 1.96. The molecule has 0 aromatic heterocycles. The highest BCUT2D eigenvalue weighted by Crippen LogP contribution is 2.35. The van der Waals surface area contributed by atoms with Crippen molar-refractivity contribution in [1.29, 1.82) is 0 Å². The lowest BCUT2D eigenvalue weighted by atomic mass is 10.2. The number of carbonyl (C=O) groups is 1. The molecule has 0 heterocycles. The lowest BCUT2D eigenvalue weighted by Gasteiger charge is -2.05. The van der Waals surface area contributed by atoms with Crippen LogP contribution in [0.25, 0.3) is 0 Å². The summed E-state index contributed by atoms with van der Waals surface area (Å²) in [4.78, 5) is 34.6. The van der Waals surface area contributed by atoms with Gasteiger partial charge in [-0.1, -0.05) is 35.5 Å². The van der Waals surface area contributed by atoms with Gasteiger partial charge in [-0.2, -0.15) is 5.10 Å². The molecule has 1 amide bonds. The zero-order valence-electron chi connectivity index (χ0n) is 16.2. The van der Waals surface area contributed by atoms with Gasteiger partial charge < -0.3 is 0 Å². The first kappa shape index (κ1) is 21.7. The van der Waals surface area contributed by atoms with E-state index < -0.39 is 15.8 Å². The fourth-order valence-corrected chi connectivity index (χ4v) is 3.44. The van der Waals surface area contributed by atoms with Crippen LogP contribution in [-0.2, 0) is 0 Å². The molecule has 3 rings (SSSR count). The third kappa shape index (κ3) is 5.73. The quantitative estimate of drug-likeness (QED) is 0.324. The van der Waals surface area contributed by atoms with E-state index in [0.29, 0.717) is 10.5 Å². The molecule has 0 spiro atoms. The van der Waals surface area contributed by atoms with Gasteiger partial charge in [0.05, 0.1) is 21.0 Å². The van der Waals surface area contributed by atoms with Crippen molar-refractivity contribution in [2.45, 2.75) is 16.7 Å². The van der Waals surface area contributed by atoms with Crippen molar-refractivity contribution in [2.24, 2.45) is 5.10 Å². The Morgan fingerprint density at radius 3 is 2.26 bits per heavy atom. The number of nitrogens with one attached hydrogen (secondary N) is 1. The SMILES string of the molecule is Cc1ccc(Sc2ccc(/C=N/NC(=O)c3ccc([N+](=O)[O-])cc3)cc2[N+](=O)[O-])cc1. The van der Waals surface area contributed by atoms with E-state index >= 15 is 0 Å². The van der Waals surface area contributed by atoms with E-state index in [-0.39, 0.29) is 16.9 Å². The first-order valence-electron chi connectivity index (χ1n) is 8.94. The number of hydrogen-bond acceptors (Lipinski definition) is 7. The number of non-ortho nitro benzene ring substituents is 1. The molecule has 0 fully saturated rings. The van der Waals surface area contributed by atoms with Gasteiger partial charge in [-0.05, 0) is 37.3 Å². The standard InChI is InChI=1S/C21H16N4O5S/c1-14-2-9-18(10-3-14)31-20-11-4-15(12-19(20)25(29)30)13-22-23-21(26)16-5-7-17(8-6-16)24(27)28/h2-13H,1H3,(H,23,26)/b22-13+. The summed E-state index contributed by atoms with van der Waals surface area (Å²) >= 11 is 1.29. The maximum atomic E-state index is 12.1. The van der Waals surface area contributed by atoms with E-state index in [1.165, 1.54) is 48.3 Å². The lowest BCUT2D eigenvalue weighted by molar-refractivity contribution is -0.387. The number of nitro groups is 2. The van der Waals surface area contributed by atoms with Crippen LogP contribution in [0.4, 0.5) is 11.4 Å². The Kier molecular flexibility index (Phi) is 6.73. The molecular formula is C21H16N4O5S. The van der Waals surface area contributed by atoms with Gasteiger partial charge in [0.1, 0.15) is 0 Å². The van der Waals surface area contributed by atoms with Crippen molar-refractivity contribution >= 4 is 35.3 Å². The molecule has 1 N–H and O–H groups in total. The Morgan fingerprint density at radius 1 is 0.968 bits per heavy atom. The number of hydrogen-bond donors (Lipinski definition) is 1. The number of nitrogens with zero attached hydrogens (tertiary/aromatic N) is 3. The van der Waals surface area contributed by atoms with E-state index in [9.17, 15) is 25.0 Å². The van der Waals surface area contributed by atoms with Crippen molar-refractivity contribution in [1.82, 2.24) is 5.43 Å². The van der Waals surface area contributed by atoms with Gasteiger partial charge in [0.25, 0.3) is 17.3 Å². The molecule has 156 valence electrons. The van der Waals surface area contributed by atoms with Crippen LogP contribution < -0.4 is 5.43 Å². The summed E-state index contributed by atoms with van der Waals surface area (Å²) in [6.07, 6.45) is 1.29. The second-order valence-corrected chi connectivity index (χ2v) is 7.52. The van der Waals surface area contributed by atoms with E-state index in [0.717, 1.165) is 10.5 Å². The Balaban J connectivity index is 1.70. The maximum absolute atomic E-state index is 12.1. The van der Waals surface area contributed by atoms with Crippen LogP contribution in [0, 0.1) is 27.2 Å². The number of benzene rings is 3. The molecule has 0 aliphatic rings. The zero-order valence-corrected chi connectivity index (χ0v) is 17.0. The summed E-state index contributed by atoms with van der Waals surface area (Å²) < 4.78 is 0. The molecule has 0 aliphatic heterocycles. The van der Waals surface area contributed by atoms with Crippen molar-refractivity contribution in [3.63, 3.8) is 0 Å². The largest absolute Gasteiger partial charge is 0.283 e. The predicted molar refractivity (Wildman–Crippen MR) is 117 cm³/mol. The van der Waals surface area contributed by atoms with Gasteiger partial charge >= 0.3 is 0 Å². The monoisotopic (exact) mass is 436 g/mol. The summed E-state index contributed by atoms with van der Waals surface area (Å²) in [5.74, 6) is -0.563. The summed E-state index contributed by atoms with van der Waals surface area (Å²) in [6, 6.07) is 17.4. The van der Waals surface area contributed by atoms with Crippen LogP contribution >= 0.6 is 11.8 Å². The van der Waals surface area contributed by atoms with Gasteiger partial charge in [0.2, 0.25) is 0 Å². The molecule has 0 saturated heterocycles. The summed E-state index contributed by atoms with van der Waals surface area (Å²) in [7, 11) is 0. The fraction of sp³-hybridized carbons (Fsp3) is 0.0476. The van der Waals surface area contributed by atoms with E-state index in [4.69, 9.17) is 0 Å². The average Bonchev–Trinajstić information content (AvgIpc) is 2.76. The minimum Gasteiger partial charge on any atom is -0.267 e. The third-order valence-electron chi connectivity index (χ3n) is 4.15. The lowest BCUT2D eigenvalue weighted by Crippen LogP contribution is -2.17. The van der Waals surface area contributed by atoms with Crippen LogP contribution in [0.3, 0.4) is 0 Å². The molecule has 9 nitrogen and oxygen atoms in total. The maximum Gasteiger partial charge on any atom is 0.283 e. The number of amides is 1. The smallest absolute Gasteiger partial charge is 0.267 e. The van der Waals surface area contributed by atoms with Crippen LogP contribution in [0.2, 0.25) is 0 Å². The zero-order chi connectivity index (χ0) is 22.4. The van der Waals surface area contributed by atoms with E-state index in [1.807, 2.05) is 31.2 Å². The Bertz CT molecular complexity index is 1160. The van der Waals surface area contributed by atoms with E-state index in [1.54, 1.807) is 12.1 Å². The highest BCUT2D eigenvalue weighted by atomic mass is 32.2. The van der Waals surface area contributed by atoms with Crippen LogP contribution in [-0.4, -0.2) is 22.0 Å². The number of aryl methyl sites for hydroxylation is 1. The van der Waals surface area contributed by atoms with Gasteiger partial charge in [-0.25, -0.2) is 5.43 Å². The molecule has 0 radical (unpaired) electrons. The second kappa shape index (κ2) is 9.63. The number of nitro benzene ring substituents is 2. The topological polar surface area (TPSA) is 128 Å². The molecule has 0 saturated carbocycles. The van der Waals surface area contributed by atoms with Crippen molar-refractivity contribution in [3.05, 3.63) is 104 Å². The molecule has 0 unspecified atom stereocenters. The Morgan fingerprint density at radius 2 is 1.65 bits per heavy atom. The molecule has 10 heteroatoms. The van der Waals surface area contributed by atoms with Crippen molar-refractivity contribution < 1.29 is 14.6 Å². The van der Waals surface area contributed by atoms with Gasteiger partial charge in [-0.15, -0.1) is 0 Å². The van der Waals surface area contributed by atoms with Gasteiger partial charge in [0, 0.05) is 34.2 Å². The first-order chi connectivity index (χ1) is 14.8. The minimum absolute atomic E-state index is 0.0729. The molecule has 3 aromatic carbocycles. The first-order valence-corrected chi connectivity index (χ1v) is 9.76. The summed E-state index contributed by atoms with van der Waals surface area (Å²) in [5, 5.41) is 26.0. The molecular weight excluding hydrogens is 420 g/mol. The third-order valence-corrected chi connectivity index (χ3v) is 5.22. The Hall–Kier alpha value is -4.05. The minimum atomic E-state index is -0.563. The van der Waals surface area contributed by atoms with Gasteiger partial charge in [-0.3, -0.25) is 25.0 Å². The normalized spacial score (nSPS) is 10.7. The average molecular weight is 436 g/mol. The van der Waals surface area contributed by atoms with Crippen molar-refractivity contribution in [3.8, 4) is 0 Å². The predicted octanol–water partition coefficient (Wildman–Crippen LogP) is 4.73. The highest BCUT2D eigenvalue weighted by Gasteiger charge is 2.15. The molecule has 3 aromatic rings. The fourth-order valence-electron chi connectivity index (χ4n) is 2.54. The van der Waals surface area contributed by atoms with Crippen molar-refractivity contribution in [2.75, 3.05) is 0 Å². The number of carbonyl (C=O) groups excluding carboxylic acids is 1. The molecule has 0 aliphatic carbocycles. The number of rotatable bonds is 7. The van der Waals surface area contributed by atoms with E-state index in [2.05, 4.69) is 10.5 Å². The highest BCUT2D eigenvalue weighted by molar-refractivity contribution is 7.99. The Labute approximate surface area is 181 Å². The van der Waals surface area contributed by atoms with Crippen LogP contribution in [0.5, 0.6) is 0 Å². The molecule has 0 bridgehead atoms. The molecule has 0 atom stereocenters. The number of hydrazone groups is 1. The van der Waals surface area contributed by atoms with Crippen LogP contribution in [0.15, 0.2) is 81.6 Å². The summed E-state index contributed by atoms with van der Waals surface area (Å²) in [5.41, 5.74) is 3.81. The van der Waals surface area contributed by atoms with Crippen LogP contribution in [0.1, 0.15) is 21.5 Å².